The second-order valence-corrected chi connectivity index (χ2v) is 5.98. The second kappa shape index (κ2) is 6.13. The van der Waals surface area contributed by atoms with Crippen molar-refractivity contribution in [3.63, 3.8) is 0 Å². The average molecular weight is 362 g/mol. The van der Waals surface area contributed by atoms with Gasteiger partial charge in [0.15, 0.2) is 17.1 Å². The Labute approximate surface area is 153 Å². The maximum absolute atomic E-state index is 12.1. The summed E-state index contributed by atoms with van der Waals surface area (Å²) >= 11 is 0. The Balaban J connectivity index is 1.39. The first-order valence-electron chi connectivity index (χ1n) is 8.28. The zero-order chi connectivity index (χ0) is 18.2. The zero-order valence-corrected chi connectivity index (χ0v) is 14.1. The number of anilines is 1. The summed E-state index contributed by atoms with van der Waals surface area (Å²) in [6, 6.07) is 11.3. The van der Waals surface area contributed by atoms with E-state index in [0.29, 0.717) is 5.65 Å². The Morgan fingerprint density at radius 1 is 1.15 bits per heavy atom. The van der Waals surface area contributed by atoms with Crippen LogP contribution in [0, 0.1) is 0 Å². The predicted molar refractivity (Wildman–Crippen MR) is 95.4 cm³/mol. The molecule has 0 radical (unpaired) electrons. The molecule has 0 atom stereocenters. The van der Waals surface area contributed by atoms with Gasteiger partial charge in [-0.25, -0.2) is 4.52 Å². The van der Waals surface area contributed by atoms with Gasteiger partial charge in [-0.3, -0.25) is 14.8 Å². The number of nitrogens with zero attached hydrogens (tertiary/aromatic N) is 5. The van der Waals surface area contributed by atoms with Gasteiger partial charge in [-0.15, -0.1) is 5.10 Å². The molecule has 0 spiro atoms. The maximum Gasteiger partial charge on any atom is 0.249 e. The number of rotatable bonds is 4. The van der Waals surface area contributed by atoms with Gasteiger partial charge in [0.2, 0.25) is 18.6 Å². The molecule has 0 fully saturated rings. The minimum absolute atomic E-state index is 0.102. The van der Waals surface area contributed by atoms with Crippen molar-refractivity contribution >= 4 is 17.5 Å². The van der Waals surface area contributed by atoms with Crippen LogP contribution in [-0.2, 0) is 11.3 Å². The van der Waals surface area contributed by atoms with Crippen LogP contribution < -0.4 is 14.8 Å². The number of benzene rings is 1. The first kappa shape index (κ1) is 15.4. The smallest absolute Gasteiger partial charge is 0.249 e. The lowest BCUT2D eigenvalue weighted by molar-refractivity contribution is -0.116. The van der Waals surface area contributed by atoms with Gasteiger partial charge in [-0.1, -0.05) is 6.07 Å². The number of hydrogen-bond donors (Lipinski definition) is 1. The van der Waals surface area contributed by atoms with Gasteiger partial charge in [0.05, 0.1) is 0 Å². The number of nitrogens with one attached hydrogen (secondary N) is 1. The van der Waals surface area contributed by atoms with Crippen LogP contribution in [0.25, 0.3) is 16.8 Å². The molecule has 1 aromatic carbocycles. The number of carbonyl (C=O) groups is 1. The second-order valence-electron chi connectivity index (χ2n) is 5.98. The molecule has 4 heterocycles. The zero-order valence-electron chi connectivity index (χ0n) is 14.1. The molecular weight excluding hydrogens is 348 g/mol. The minimum Gasteiger partial charge on any atom is -0.454 e. The Morgan fingerprint density at radius 3 is 2.93 bits per heavy atom. The van der Waals surface area contributed by atoms with Gasteiger partial charge in [0, 0.05) is 24.2 Å². The van der Waals surface area contributed by atoms with E-state index in [2.05, 4.69) is 20.5 Å². The van der Waals surface area contributed by atoms with Crippen LogP contribution in [0.4, 0.5) is 5.95 Å². The fourth-order valence-electron chi connectivity index (χ4n) is 2.89. The van der Waals surface area contributed by atoms with E-state index in [4.69, 9.17) is 9.47 Å². The summed E-state index contributed by atoms with van der Waals surface area (Å²) in [6.07, 6.45) is 5.19. The number of hydrogen-bond acceptors (Lipinski definition) is 6. The van der Waals surface area contributed by atoms with Crippen molar-refractivity contribution in [2.45, 2.75) is 6.54 Å². The quantitative estimate of drug-likeness (QED) is 0.596. The molecule has 0 aliphatic carbocycles. The van der Waals surface area contributed by atoms with Gasteiger partial charge in [0.25, 0.3) is 0 Å². The summed E-state index contributed by atoms with van der Waals surface area (Å²) in [4.78, 5) is 16.4. The van der Waals surface area contributed by atoms with Crippen LogP contribution >= 0.6 is 0 Å². The number of fused-ring (bicyclic) bond motifs is 2. The summed E-state index contributed by atoms with van der Waals surface area (Å²) in [5.74, 6) is 1.46. The third-order valence-electron chi connectivity index (χ3n) is 4.15. The van der Waals surface area contributed by atoms with E-state index in [1.54, 1.807) is 23.0 Å². The summed E-state index contributed by atoms with van der Waals surface area (Å²) < 4.78 is 13.9. The molecule has 3 aromatic heterocycles. The Bertz CT molecular complexity index is 1140. The Hall–Kier alpha value is -3.88. The van der Waals surface area contributed by atoms with Gasteiger partial charge >= 0.3 is 0 Å². The fourth-order valence-corrected chi connectivity index (χ4v) is 2.89. The molecule has 27 heavy (non-hydrogen) atoms. The van der Waals surface area contributed by atoms with Crippen molar-refractivity contribution in [1.29, 1.82) is 0 Å². The number of carbonyl (C=O) groups excluding carboxylic acids is 1. The predicted octanol–water partition coefficient (Wildman–Crippen LogP) is 1.96. The number of ether oxygens (including phenoxy) is 2. The van der Waals surface area contributed by atoms with Crippen LogP contribution in [-0.4, -0.2) is 37.1 Å². The molecule has 0 bridgehead atoms. The molecule has 134 valence electrons. The molecule has 0 saturated heterocycles. The van der Waals surface area contributed by atoms with E-state index >= 15 is 0 Å². The van der Waals surface area contributed by atoms with Crippen molar-refractivity contribution in [3.05, 3.63) is 55.0 Å². The average Bonchev–Trinajstić information content (AvgIpc) is 3.40. The van der Waals surface area contributed by atoms with Crippen molar-refractivity contribution in [1.82, 2.24) is 24.4 Å². The van der Waals surface area contributed by atoms with Crippen LogP contribution in [0.3, 0.4) is 0 Å². The molecule has 0 saturated carbocycles. The summed E-state index contributed by atoms with van der Waals surface area (Å²) in [7, 11) is 0. The molecular formula is C18H14N6O3. The lowest BCUT2D eigenvalue weighted by atomic mass is 10.1. The van der Waals surface area contributed by atoms with Crippen LogP contribution in [0.1, 0.15) is 0 Å². The highest BCUT2D eigenvalue weighted by Gasteiger charge is 2.15. The summed E-state index contributed by atoms with van der Waals surface area (Å²) in [5.41, 5.74) is 2.55. The third kappa shape index (κ3) is 2.95. The van der Waals surface area contributed by atoms with Crippen LogP contribution in [0.5, 0.6) is 11.5 Å². The first-order valence-corrected chi connectivity index (χ1v) is 8.28. The van der Waals surface area contributed by atoms with E-state index < -0.39 is 0 Å². The molecule has 5 rings (SSSR count). The Kier molecular flexibility index (Phi) is 3.49. The number of amides is 1. The molecule has 0 unspecified atom stereocenters. The van der Waals surface area contributed by atoms with Gasteiger partial charge < -0.3 is 9.47 Å². The lowest BCUT2D eigenvalue weighted by Gasteiger charge is -2.03. The minimum atomic E-state index is -0.245. The van der Waals surface area contributed by atoms with E-state index in [-0.39, 0.29) is 25.2 Å². The van der Waals surface area contributed by atoms with Crippen molar-refractivity contribution < 1.29 is 14.3 Å². The monoisotopic (exact) mass is 362 g/mol. The first-order chi connectivity index (χ1) is 13.2. The van der Waals surface area contributed by atoms with E-state index in [0.717, 1.165) is 22.6 Å². The SMILES string of the molecule is O=C(Cn1cccn1)Nc1nc2ccc(-c3ccc4c(c3)OCO4)cn2n1. The van der Waals surface area contributed by atoms with E-state index in [1.807, 2.05) is 36.5 Å². The standard InChI is InChI=1S/C18H14N6O3/c25-17(10-23-7-1-6-19-23)21-18-20-16-5-3-13(9-24(16)22-18)12-2-4-14-15(8-12)27-11-26-14/h1-9H,10-11H2,(H,21,22,25). The highest BCUT2D eigenvalue weighted by atomic mass is 16.7. The lowest BCUT2D eigenvalue weighted by Crippen LogP contribution is -2.19. The Morgan fingerprint density at radius 2 is 2.04 bits per heavy atom. The van der Waals surface area contributed by atoms with Gasteiger partial charge in [-0.2, -0.15) is 10.1 Å². The largest absolute Gasteiger partial charge is 0.454 e. The highest BCUT2D eigenvalue weighted by Crippen LogP contribution is 2.35. The van der Waals surface area contributed by atoms with Crippen molar-refractivity contribution in [2.24, 2.45) is 0 Å². The molecule has 4 aromatic rings. The van der Waals surface area contributed by atoms with Gasteiger partial charge in [-0.05, 0) is 35.9 Å². The summed E-state index contributed by atoms with van der Waals surface area (Å²) in [6.45, 7) is 0.341. The number of aromatic nitrogens is 5. The van der Waals surface area contributed by atoms with Crippen molar-refractivity contribution in [3.8, 4) is 22.6 Å². The van der Waals surface area contributed by atoms with Crippen LogP contribution in [0.2, 0.25) is 0 Å². The van der Waals surface area contributed by atoms with Gasteiger partial charge in [0.1, 0.15) is 6.54 Å². The molecule has 1 aliphatic rings. The molecule has 9 heteroatoms. The third-order valence-corrected chi connectivity index (χ3v) is 4.15. The van der Waals surface area contributed by atoms with E-state index in [1.165, 1.54) is 4.68 Å². The maximum atomic E-state index is 12.1. The van der Waals surface area contributed by atoms with Crippen LogP contribution in [0.15, 0.2) is 55.0 Å². The van der Waals surface area contributed by atoms with Crippen molar-refractivity contribution in [2.75, 3.05) is 12.1 Å². The highest BCUT2D eigenvalue weighted by molar-refractivity contribution is 5.88. The topological polar surface area (TPSA) is 95.6 Å². The summed E-state index contributed by atoms with van der Waals surface area (Å²) in [5, 5.41) is 11.0. The number of pyridine rings is 1. The fraction of sp³-hybridized carbons (Fsp3) is 0.111. The molecule has 1 aliphatic heterocycles. The normalized spacial score (nSPS) is 12.4. The van der Waals surface area contributed by atoms with E-state index in [9.17, 15) is 4.79 Å². The molecule has 1 amide bonds. The molecule has 1 N–H and O–H groups in total. The molecule has 9 nitrogen and oxygen atoms in total.